The van der Waals surface area contributed by atoms with E-state index in [9.17, 15) is 0 Å². The van der Waals surface area contributed by atoms with Crippen LogP contribution in [-0.2, 0) is 13.6 Å². The molecule has 0 unspecified atom stereocenters. The van der Waals surface area contributed by atoms with Crippen molar-refractivity contribution in [3.8, 4) is 5.75 Å². The van der Waals surface area contributed by atoms with Crippen molar-refractivity contribution in [2.24, 2.45) is 12.0 Å². The average molecular weight is 414 g/mol. The first-order valence-corrected chi connectivity index (χ1v) is 11.0. The van der Waals surface area contributed by atoms with Crippen LogP contribution in [0.5, 0.6) is 5.75 Å². The number of unbranched alkanes of at least 4 members (excludes halogenated alkanes) is 1. The largest absolute Gasteiger partial charge is 0.492 e. The number of aliphatic imine (C=N–C) groups is 1. The molecule has 0 spiro atoms. The lowest BCUT2D eigenvalue weighted by Gasteiger charge is -2.36. The molecular weight excluding hydrogens is 378 g/mol. The second kappa shape index (κ2) is 11.5. The third-order valence-electron chi connectivity index (χ3n) is 5.46. The highest BCUT2D eigenvalue weighted by Gasteiger charge is 2.20. The zero-order valence-electron chi connectivity index (χ0n) is 18.5. The molecule has 0 aliphatic carbocycles. The zero-order valence-corrected chi connectivity index (χ0v) is 18.5. The Balaban J connectivity index is 1.49. The van der Waals surface area contributed by atoms with Gasteiger partial charge in [-0.05, 0) is 25.5 Å². The number of rotatable bonds is 9. The van der Waals surface area contributed by atoms with Crippen LogP contribution in [0.1, 0.15) is 31.4 Å². The normalized spacial score (nSPS) is 15.4. The SMILES string of the molecule is CCCCNC(=NCc1nnc(C)n1C)N1CCN(CCOc2ccccc2)CC1. The smallest absolute Gasteiger partial charge is 0.194 e. The number of aryl methyl sites for hydroxylation is 1. The number of guanidine groups is 1. The average Bonchev–Trinajstić information content (AvgIpc) is 3.10. The number of aromatic nitrogens is 3. The zero-order chi connectivity index (χ0) is 21.2. The molecule has 0 atom stereocenters. The van der Waals surface area contributed by atoms with Gasteiger partial charge < -0.3 is 19.5 Å². The maximum absolute atomic E-state index is 5.84. The summed E-state index contributed by atoms with van der Waals surface area (Å²) in [6.07, 6.45) is 2.30. The topological polar surface area (TPSA) is 70.8 Å². The molecule has 0 amide bonds. The predicted octanol–water partition coefficient (Wildman–Crippen LogP) is 2.07. The van der Waals surface area contributed by atoms with Crippen LogP contribution < -0.4 is 10.1 Å². The number of hydrogen-bond acceptors (Lipinski definition) is 5. The Morgan fingerprint density at radius 1 is 1.13 bits per heavy atom. The molecule has 0 bridgehead atoms. The summed E-state index contributed by atoms with van der Waals surface area (Å²) < 4.78 is 7.84. The van der Waals surface area contributed by atoms with E-state index >= 15 is 0 Å². The number of para-hydroxylation sites is 1. The molecule has 30 heavy (non-hydrogen) atoms. The summed E-state index contributed by atoms with van der Waals surface area (Å²) in [7, 11) is 1.99. The fourth-order valence-electron chi connectivity index (χ4n) is 3.37. The van der Waals surface area contributed by atoms with Gasteiger partial charge in [-0.2, -0.15) is 0 Å². The summed E-state index contributed by atoms with van der Waals surface area (Å²) >= 11 is 0. The Bertz CT molecular complexity index is 782. The maximum Gasteiger partial charge on any atom is 0.194 e. The van der Waals surface area contributed by atoms with Gasteiger partial charge in [-0.1, -0.05) is 31.5 Å². The fraction of sp³-hybridized carbons (Fsp3) is 0.591. The minimum Gasteiger partial charge on any atom is -0.492 e. The lowest BCUT2D eigenvalue weighted by molar-refractivity contribution is 0.152. The van der Waals surface area contributed by atoms with Crippen molar-refractivity contribution in [3.63, 3.8) is 0 Å². The maximum atomic E-state index is 5.84. The molecule has 1 aromatic heterocycles. The van der Waals surface area contributed by atoms with E-state index in [4.69, 9.17) is 9.73 Å². The number of ether oxygens (including phenoxy) is 1. The van der Waals surface area contributed by atoms with Crippen molar-refractivity contribution < 1.29 is 4.74 Å². The van der Waals surface area contributed by atoms with Crippen LogP contribution in [0.4, 0.5) is 0 Å². The number of nitrogens with one attached hydrogen (secondary N) is 1. The van der Waals surface area contributed by atoms with E-state index in [0.717, 1.165) is 75.5 Å². The second-order valence-corrected chi connectivity index (χ2v) is 7.63. The molecule has 1 aliphatic rings. The van der Waals surface area contributed by atoms with Gasteiger partial charge in [0, 0.05) is 46.3 Å². The van der Waals surface area contributed by atoms with Crippen LogP contribution >= 0.6 is 0 Å². The quantitative estimate of drug-likeness (QED) is 0.386. The van der Waals surface area contributed by atoms with E-state index in [1.807, 2.05) is 48.9 Å². The Kier molecular flexibility index (Phi) is 8.50. The summed E-state index contributed by atoms with van der Waals surface area (Å²) in [5, 5.41) is 11.9. The molecular formula is C22H35N7O. The Labute approximate surface area is 179 Å². The minimum absolute atomic E-state index is 0.539. The number of benzene rings is 1. The van der Waals surface area contributed by atoms with Gasteiger partial charge in [-0.15, -0.1) is 10.2 Å². The Morgan fingerprint density at radius 3 is 2.57 bits per heavy atom. The summed E-state index contributed by atoms with van der Waals surface area (Å²) in [5.74, 6) is 3.71. The highest BCUT2D eigenvalue weighted by Crippen LogP contribution is 2.09. The number of piperazine rings is 1. The third kappa shape index (κ3) is 6.45. The summed E-state index contributed by atoms with van der Waals surface area (Å²) in [5.41, 5.74) is 0. The van der Waals surface area contributed by atoms with E-state index in [2.05, 4.69) is 32.2 Å². The monoisotopic (exact) mass is 413 g/mol. The van der Waals surface area contributed by atoms with Gasteiger partial charge in [0.15, 0.2) is 11.8 Å². The van der Waals surface area contributed by atoms with E-state index in [0.29, 0.717) is 13.2 Å². The van der Waals surface area contributed by atoms with Gasteiger partial charge in [0.25, 0.3) is 0 Å². The van der Waals surface area contributed by atoms with Crippen LogP contribution in [0.3, 0.4) is 0 Å². The Morgan fingerprint density at radius 2 is 1.90 bits per heavy atom. The molecule has 8 heteroatoms. The molecule has 2 heterocycles. The van der Waals surface area contributed by atoms with Gasteiger partial charge in [0.05, 0.1) is 0 Å². The molecule has 1 fully saturated rings. The van der Waals surface area contributed by atoms with Crippen LogP contribution in [0.25, 0.3) is 0 Å². The first kappa shape index (κ1) is 22.1. The van der Waals surface area contributed by atoms with Gasteiger partial charge in [0.1, 0.15) is 24.7 Å². The van der Waals surface area contributed by atoms with E-state index in [1.165, 1.54) is 0 Å². The standard InChI is InChI=1S/C22H35N7O/c1-4-5-11-23-22(24-18-21-26-25-19(2)27(21)3)29-14-12-28(13-15-29)16-17-30-20-9-7-6-8-10-20/h6-10H,4-5,11-18H2,1-3H3,(H,23,24). The minimum atomic E-state index is 0.539. The summed E-state index contributed by atoms with van der Waals surface area (Å²) in [4.78, 5) is 9.66. The van der Waals surface area contributed by atoms with E-state index in [-0.39, 0.29) is 0 Å². The molecule has 1 saturated heterocycles. The molecule has 1 N–H and O–H groups in total. The molecule has 1 aromatic carbocycles. The van der Waals surface area contributed by atoms with Crippen molar-refractivity contribution in [1.82, 2.24) is 29.9 Å². The van der Waals surface area contributed by atoms with Gasteiger partial charge >= 0.3 is 0 Å². The first-order chi connectivity index (χ1) is 14.7. The molecule has 8 nitrogen and oxygen atoms in total. The van der Waals surface area contributed by atoms with E-state index in [1.54, 1.807) is 0 Å². The highest BCUT2D eigenvalue weighted by atomic mass is 16.5. The number of nitrogens with zero attached hydrogens (tertiary/aromatic N) is 6. The summed E-state index contributed by atoms with van der Waals surface area (Å²) in [6.45, 7) is 11.2. The van der Waals surface area contributed by atoms with Crippen LogP contribution in [0.15, 0.2) is 35.3 Å². The second-order valence-electron chi connectivity index (χ2n) is 7.63. The lowest BCUT2D eigenvalue weighted by atomic mass is 10.3. The van der Waals surface area contributed by atoms with Crippen LogP contribution in [0, 0.1) is 6.92 Å². The highest BCUT2D eigenvalue weighted by molar-refractivity contribution is 5.80. The molecule has 0 radical (unpaired) electrons. The van der Waals surface area contributed by atoms with Gasteiger partial charge in [-0.25, -0.2) is 4.99 Å². The first-order valence-electron chi connectivity index (χ1n) is 11.0. The summed E-state index contributed by atoms with van der Waals surface area (Å²) in [6, 6.07) is 10.0. The van der Waals surface area contributed by atoms with Gasteiger partial charge in [-0.3, -0.25) is 4.90 Å². The van der Waals surface area contributed by atoms with Crippen molar-refractivity contribution in [3.05, 3.63) is 42.0 Å². The molecule has 0 saturated carbocycles. The van der Waals surface area contributed by atoms with Gasteiger partial charge in [0.2, 0.25) is 0 Å². The molecule has 3 rings (SSSR count). The number of hydrogen-bond donors (Lipinski definition) is 1. The van der Waals surface area contributed by atoms with Crippen molar-refractivity contribution in [2.75, 3.05) is 45.9 Å². The van der Waals surface area contributed by atoms with E-state index < -0.39 is 0 Å². The van der Waals surface area contributed by atoms with Crippen molar-refractivity contribution >= 4 is 5.96 Å². The van der Waals surface area contributed by atoms with Crippen LogP contribution in [0.2, 0.25) is 0 Å². The predicted molar refractivity (Wildman–Crippen MR) is 120 cm³/mol. The van der Waals surface area contributed by atoms with Crippen molar-refractivity contribution in [2.45, 2.75) is 33.2 Å². The molecule has 164 valence electrons. The lowest BCUT2D eigenvalue weighted by Crippen LogP contribution is -2.53. The molecule has 2 aromatic rings. The fourth-order valence-corrected chi connectivity index (χ4v) is 3.37. The molecule has 1 aliphatic heterocycles. The third-order valence-corrected chi connectivity index (χ3v) is 5.46. The Hall–Kier alpha value is -2.61. The van der Waals surface area contributed by atoms with Crippen LogP contribution in [-0.4, -0.2) is 76.4 Å². The van der Waals surface area contributed by atoms with Crippen molar-refractivity contribution in [1.29, 1.82) is 0 Å².